The van der Waals surface area contributed by atoms with Crippen LogP contribution in [0.5, 0.6) is 0 Å². The van der Waals surface area contributed by atoms with E-state index in [9.17, 15) is 18.0 Å². The molecule has 1 amide bonds. The summed E-state index contributed by atoms with van der Waals surface area (Å²) in [6.45, 7) is 5.09. The molecule has 1 saturated heterocycles. The second-order valence-electron chi connectivity index (χ2n) is 7.45. The van der Waals surface area contributed by atoms with Crippen LogP contribution in [0.25, 0.3) is 11.0 Å². The number of alkyl halides is 3. The Morgan fingerprint density at radius 2 is 2.10 bits per heavy atom. The van der Waals surface area contributed by atoms with E-state index in [1.54, 1.807) is 17.4 Å². The first-order valence-corrected chi connectivity index (χ1v) is 10.3. The number of hydrogen-bond donors (Lipinski definition) is 1. The molecule has 9 heteroatoms. The van der Waals surface area contributed by atoms with Gasteiger partial charge in [-0.1, -0.05) is 0 Å². The molecule has 0 spiro atoms. The van der Waals surface area contributed by atoms with Crippen LogP contribution in [0.1, 0.15) is 45.7 Å². The van der Waals surface area contributed by atoms with Gasteiger partial charge >= 0.3 is 6.18 Å². The number of amides is 1. The fourth-order valence-corrected chi connectivity index (χ4v) is 4.78. The number of halogens is 3. The summed E-state index contributed by atoms with van der Waals surface area (Å²) < 4.78 is 38.7. The highest BCUT2D eigenvalue weighted by Gasteiger charge is 2.33. The first-order valence-electron chi connectivity index (χ1n) is 9.48. The highest BCUT2D eigenvalue weighted by molar-refractivity contribution is 7.11. The van der Waals surface area contributed by atoms with E-state index in [2.05, 4.69) is 15.0 Å². The average molecular weight is 422 g/mol. The van der Waals surface area contributed by atoms with Gasteiger partial charge in [-0.05, 0) is 44.9 Å². The Bertz CT molecular complexity index is 1060. The summed E-state index contributed by atoms with van der Waals surface area (Å²) in [5.74, 6) is 0.121. The number of thiazole rings is 1. The third kappa shape index (κ3) is 4.14. The summed E-state index contributed by atoms with van der Waals surface area (Å²) in [5, 5.41) is 0.950. The predicted octanol–water partition coefficient (Wildman–Crippen LogP) is 4.60. The maximum atomic E-state index is 12.9. The number of hydrogen-bond acceptors (Lipinski definition) is 4. The van der Waals surface area contributed by atoms with Crippen molar-refractivity contribution in [3.8, 4) is 0 Å². The van der Waals surface area contributed by atoms with Crippen molar-refractivity contribution in [2.45, 2.75) is 45.2 Å². The molecule has 0 saturated carbocycles. The summed E-state index contributed by atoms with van der Waals surface area (Å²) in [5.41, 5.74) is 1.71. The largest absolute Gasteiger partial charge is 0.433 e. The summed E-state index contributed by atoms with van der Waals surface area (Å²) in [6.07, 6.45) is -2.39. The normalized spacial score (nSPS) is 17.8. The SMILES string of the molecule is Cc1nc(C)c(CC(=O)N2CCC[C@@H](c3cc4nc(C(F)(F)F)ccc4[nH]3)C2)s1. The van der Waals surface area contributed by atoms with Crippen LogP contribution in [0.3, 0.4) is 0 Å². The van der Waals surface area contributed by atoms with Gasteiger partial charge in [0.2, 0.25) is 5.91 Å². The Morgan fingerprint density at radius 3 is 2.79 bits per heavy atom. The Hall–Kier alpha value is -2.42. The molecule has 5 nitrogen and oxygen atoms in total. The number of aromatic nitrogens is 3. The Balaban J connectivity index is 1.50. The first-order chi connectivity index (χ1) is 13.7. The molecule has 0 aromatic carbocycles. The smallest absolute Gasteiger partial charge is 0.357 e. The van der Waals surface area contributed by atoms with Crippen LogP contribution in [0.15, 0.2) is 18.2 Å². The van der Waals surface area contributed by atoms with Gasteiger partial charge in [-0.15, -0.1) is 11.3 Å². The number of carbonyl (C=O) groups excluding carboxylic acids is 1. The number of rotatable bonds is 3. The standard InChI is InChI=1S/C20H21F3N4OS/c1-11-17(29-12(2)24-11)9-19(28)27-7-3-4-13(10-27)15-8-16-14(25-15)5-6-18(26-16)20(21,22)23/h5-6,8,13,25H,3-4,7,9-10H2,1-2H3/t13-/m1/s1. The Kier molecular flexibility index (Phi) is 5.10. The lowest BCUT2D eigenvalue weighted by atomic mass is 9.94. The zero-order valence-electron chi connectivity index (χ0n) is 16.1. The van der Waals surface area contributed by atoms with E-state index in [1.807, 2.05) is 18.7 Å². The minimum Gasteiger partial charge on any atom is -0.357 e. The fourth-order valence-electron chi connectivity index (χ4n) is 3.85. The van der Waals surface area contributed by atoms with Crippen molar-refractivity contribution < 1.29 is 18.0 Å². The number of aromatic amines is 1. The van der Waals surface area contributed by atoms with Crippen molar-refractivity contribution in [3.05, 3.63) is 45.2 Å². The summed E-state index contributed by atoms with van der Waals surface area (Å²) >= 11 is 1.55. The molecule has 4 rings (SSSR count). The third-order valence-corrected chi connectivity index (χ3v) is 6.38. The van der Waals surface area contributed by atoms with Crippen LogP contribution in [-0.4, -0.2) is 38.8 Å². The maximum absolute atomic E-state index is 12.9. The topological polar surface area (TPSA) is 61.9 Å². The van der Waals surface area contributed by atoms with Gasteiger partial charge in [-0.2, -0.15) is 13.2 Å². The van der Waals surface area contributed by atoms with Gasteiger partial charge in [0, 0.05) is 29.6 Å². The minimum atomic E-state index is -4.47. The molecule has 0 radical (unpaired) electrons. The second-order valence-corrected chi connectivity index (χ2v) is 8.74. The molecule has 3 aromatic heterocycles. The van der Waals surface area contributed by atoms with E-state index in [0.717, 1.165) is 40.2 Å². The molecule has 3 aromatic rings. The van der Waals surface area contributed by atoms with Crippen molar-refractivity contribution in [1.82, 2.24) is 19.9 Å². The van der Waals surface area contributed by atoms with Crippen LogP contribution in [0.2, 0.25) is 0 Å². The average Bonchev–Trinajstić information content (AvgIpc) is 3.23. The van der Waals surface area contributed by atoms with Crippen molar-refractivity contribution in [2.75, 3.05) is 13.1 Å². The third-order valence-electron chi connectivity index (χ3n) is 5.31. The van der Waals surface area contributed by atoms with Gasteiger partial charge in [-0.25, -0.2) is 9.97 Å². The van der Waals surface area contributed by atoms with Gasteiger partial charge in [0.15, 0.2) is 0 Å². The number of likely N-dealkylation sites (tertiary alicyclic amines) is 1. The number of piperidine rings is 1. The summed E-state index contributed by atoms with van der Waals surface area (Å²) in [6, 6.07) is 4.08. The number of pyridine rings is 1. The summed E-state index contributed by atoms with van der Waals surface area (Å²) in [7, 11) is 0. The molecule has 1 N–H and O–H groups in total. The summed E-state index contributed by atoms with van der Waals surface area (Å²) in [4.78, 5) is 26.9. The van der Waals surface area contributed by atoms with Crippen LogP contribution >= 0.6 is 11.3 Å². The molecule has 4 heterocycles. The Morgan fingerprint density at radius 1 is 1.31 bits per heavy atom. The van der Waals surface area contributed by atoms with Crippen LogP contribution < -0.4 is 0 Å². The van der Waals surface area contributed by atoms with Crippen molar-refractivity contribution in [1.29, 1.82) is 0 Å². The molecule has 1 atom stereocenters. The van der Waals surface area contributed by atoms with E-state index in [1.165, 1.54) is 6.07 Å². The van der Waals surface area contributed by atoms with Crippen LogP contribution in [0.4, 0.5) is 13.2 Å². The molecule has 154 valence electrons. The molecule has 29 heavy (non-hydrogen) atoms. The number of nitrogens with zero attached hydrogens (tertiary/aromatic N) is 3. The van der Waals surface area contributed by atoms with E-state index in [0.29, 0.717) is 30.5 Å². The molecular weight excluding hydrogens is 401 g/mol. The molecule has 1 fully saturated rings. The molecule has 1 aliphatic rings. The number of nitrogens with one attached hydrogen (secondary N) is 1. The molecule has 0 aliphatic carbocycles. The van der Waals surface area contributed by atoms with E-state index < -0.39 is 11.9 Å². The second kappa shape index (κ2) is 7.44. The number of carbonyl (C=O) groups is 1. The zero-order chi connectivity index (χ0) is 20.8. The number of fused-ring (bicyclic) bond motifs is 1. The molecule has 0 unspecified atom stereocenters. The van der Waals surface area contributed by atoms with Crippen molar-refractivity contribution in [2.24, 2.45) is 0 Å². The number of H-pyrrole nitrogens is 1. The lowest BCUT2D eigenvalue weighted by Crippen LogP contribution is -2.40. The monoisotopic (exact) mass is 422 g/mol. The number of aryl methyl sites for hydroxylation is 2. The van der Waals surface area contributed by atoms with E-state index in [4.69, 9.17) is 0 Å². The van der Waals surface area contributed by atoms with Gasteiger partial charge in [0.05, 0.1) is 28.2 Å². The van der Waals surface area contributed by atoms with Gasteiger partial charge in [0.1, 0.15) is 5.69 Å². The predicted molar refractivity (Wildman–Crippen MR) is 105 cm³/mol. The van der Waals surface area contributed by atoms with Crippen LogP contribution in [0, 0.1) is 13.8 Å². The van der Waals surface area contributed by atoms with Crippen molar-refractivity contribution >= 4 is 28.3 Å². The van der Waals surface area contributed by atoms with Gasteiger partial charge in [0.25, 0.3) is 0 Å². The van der Waals surface area contributed by atoms with Gasteiger partial charge in [-0.3, -0.25) is 4.79 Å². The Labute approximate surface area is 170 Å². The lowest BCUT2D eigenvalue weighted by molar-refractivity contribution is -0.141. The van der Waals surface area contributed by atoms with Gasteiger partial charge < -0.3 is 9.88 Å². The highest BCUT2D eigenvalue weighted by atomic mass is 32.1. The van der Waals surface area contributed by atoms with E-state index in [-0.39, 0.29) is 11.8 Å². The van der Waals surface area contributed by atoms with Crippen molar-refractivity contribution in [3.63, 3.8) is 0 Å². The fraction of sp³-hybridized carbons (Fsp3) is 0.450. The minimum absolute atomic E-state index is 0.0560. The van der Waals surface area contributed by atoms with Crippen LogP contribution in [-0.2, 0) is 17.4 Å². The lowest BCUT2D eigenvalue weighted by Gasteiger charge is -2.32. The first kappa shape index (κ1) is 19.9. The van der Waals surface area contributed by atoms with E-state index >= 15 is 0 Å². The highest BCUT2D eigenvalue weighted by Crippen LogP contribution is 2.32. The molecular formula is C20H21F3N4OS. The quantitative estimate of drug-likeness (QED) is 0.671. The molecule has 0 bridgehead atoms. The molecule has 1 aliphatic heterocycles. The maximum Gasteiger partial charge on any atom is 0.433 e. The zero-order valence-corrected chi connectivity index (χ0v) is 17.0.